The van der Waals surface area contributed by atoms with Gasteiger partial charge in [0.05, 0.1) is 13.2 Å². The third-order valence-electron chi connectivity index (χ3n) is 5.57. The second-order valence-electron chi connectivity index (χ2n) is 9.12. The van der Waals surface area contributed by atoms with Gasteiger partial charge >= 0.3 is 13.8 Å². The van der Waals surface area contributed by atoms with Crippen LogP contribution in [0, 0.1) is 0 Å². The zero-order valence-corrected chi connectivity index (χ0v) is 23.4. The number of nitrogens with two attached hydrogens (primary N) is 1. The second-order valence-corrected chi connectivity index (χ2v) is 10.6. The Kier molecular flexibility index (Phi) is 24.9. The molecule has 0 bridgehead atoms. The highest BCUT2D eigenvalue weighted by Gasteiger charge is 2.22. The van der Waals surface area contributed by atoms with E-state index in [0.717, 1.165) is 25.7 Å². The number of hydrogen-bond acceptors (Lipinski definition) is 7. The number of aliphatic hydroxyl groups excluding tert-OH is 1. The van der Waals surface area contributed by atoms with E-state index in [4.69, 9.17) is 10.5 Å². The van der Waals surface area contributed by atoms with E-state index in [9.17, 15) is 19.4 Å². The zero-order valence-electron chi connectivity index (χ0n) is 22.5. The number of rotatable bonds is 26. The van der Waals surface area contributed by atoms with E-state index in [1.807, 2.05) is 0 Å². The highest BCUT2D eigenvalue weighted by molar-refractivity contribution is 7.47. The molecule has 0 spiro atoms. The highest BCUT2D eigenvalue weighted by atomic mass is 31.2. The molecule has 0 aromatic rings. The van der Waals surface area contributed by atoms with Crippen LogP contribution in [0.15, 0.2) is 24.3 Å². The minimum Gasteiger partial charge on any atom is -0.463 e. The minimum atomic E-state index is -4.25. The lowest BCUT2D eigenvalue weighted by atomic mass is 10.1. The van der Waals surface area contributed by atoms with Gasteiger partial charge in [0.2, 0.25) is 0 Å². The quantitative estimate of drug-likeness (QED) is 0.0507. The van der Waals surface area contributed by atoms with Crippen LogP contribution in [-0.2, 0) is 23.1 Å². The van der Waals surface area contributed by atoms with E-state index in [1.165, 1.54) is 70.6 Å². The van der Waals surface area contributed by atoms with Crippen LogP contribution in [0.3, 0.4) is 0 Å². The number of hydrogen-bond donors (Lipinski definition) is 3. The van der Waals surface area contributed by atoms with Crippen LogP contribution in [-0.4, -0.2) is 48.4 Å². The molecule has 0 rings (SSSR count). The van der Waals surface area contributed by atoms with Gasteiger partial charge in [-0.05, 0) is 38.5 Å². The van der Waals surface area contributed by atoms with Crippen LogP contribution in [0.5, 0.6) is 0 Å². The van der Waals surface area contributed by atoms with E-state index < -0.39 is 26.5 Å². The average Bonchev–Trinajstić information content (AvgIpc) is 2.86. The molecule has 9 heteroatoms. The Balaban J connectivity index is 3.44. The molecule has 36 heavy (non-hydrogen) atoms. The lowest BCUT2D eigenvalue weighted by molar-refractivity contribution is -0.147. The first-order chi connectivity index (χ1) is 17.4. The molecule has 0 saturated heterocycles. The number of aliphatic hydroxyl groups is 1. The molecule has 0 aromatic heterocycles. The number of allylic oxidation sites excluding steroid dienone is 4. The number of phosphoric acid groups is 1. The standard InChI is InChI=1S/C27H52NO7P/c1-2-3-4-5-6-7-8-9-10-11-12-13-14-15-16-17-18-19-20-21-27(30)33-24-26(29)25-35-36(31,32)34-23-22-28/h6-7,9-10,26,29H,2-5,8,11-25,28H2,1H3,(H,31,32)/b7-6+,10-9+/t26-/m1/s1. The molecule has 0 heterocycles. The molecule has 0 saturated carbocycles. The summed E-state index contributed by atoms with van der Waals surface area (Å²) < 4.78 is 25.6. The molecular formula is C27H52NO7P. The summed E-state index contributed by atoms with van der Waals surface area (Å²) in [6.45, 7) is 1.42. The summed E-state index contributed by atoms with van der Waals surface area (Å²) >= 11 is 0. The topological polar surface area (TPSA) is 128 Å². The third-order valence-corrected chi connectivity index (χ3v) is 6.55. The summed E-state index contributed by atoms with van der Waals surface area (Å²) in [5, 5.41) is 9.70. The van der Waals surface area contributed by atoms with Crippen molar-refractivity contribution in [3.8, 4) is 0 Å². The van der Waals surface area contributed by atoms with E-state index >= 15 is 0 Å². The van der Waals surface area contributed by atoms with Crippen molar-refractivity contribution in [2.45, 2.75) is 116 Å². The Labute approximate surface area is 219 Å². The van der Waals surface area contributed by atoms with Crippen molar-refractivity contribution in [3.63, 3.8) is 0 Å². The fourth-order valence-electron chi connectivity index (χ4n) is 3.48. The van der Waals surface area contributed by atoms with Crippen LogP contribution in [0.4, 0.5) is 0 Å². The first-order valence-electron chi connectivity index (χ1n) is 13.9. The fourth-order valence-corrected chi connectivity index (χ4v) is 4.25. The van der Waals surface area contributed by atoms with Gasteiger partial charge in [0.25, 0.3) is 0 Å². The van der Waals surface area contributed by atoms with Gasteiger partial charge < -0.3 is 20.5 Å². The van der Waals surface area contributed by atoms with Crippen LogP contribution < -0.4 is 5.73 Å². The number of phosphoric ester groups is 1. The van der Waals surface area contributed by atoms with E-state index in [0.29, 0.717) is 6.42 Å². The van der Waals surface area contributed by atoms with E-state index in [-0.39, 0.29) is 19.8 Å². The number of carbonyl (C=O) groups excluding carboxylic acids is 1. The Bertz CT molecular complexity index is 613. The van der Waals surface area contributed by atoms with Gasteiger partial charge in [-0.3, -0.25) is 13.8 Å². The monoisotopic (exact) mass is 533 g/mol. The van der Waals surface area contributed by atoms with Gasteiger partial charge in [0, 0.05) is 13.0 Å². The maximum atomic E-state index is 11.7. The third kappa shape index (κ3) is 26.1. The molecule has 0 aliphatic heterocycles. The zero-order chi connectivity index (χ0) is 26.7. The predicted octanol–water partition coefficient (Wildman–Crippen LogP) is 6.36. The number of esters is 1. The molecule has 0 fully saturated rings. The summed E-state index contributed by atoms with van der Waals surface area (Å²) in [5.74, 6) is -0.391. The second kappa shape index (κ2) is 25.6. The molecule has 212 valence electrons. The molecule has 0 aliphatic carbocycles. The molecule has 0 amide bonds. The summed E-state index contributed by atoms with van der Waals surface area (Å²) in [6, 6.07) is 0. The molecule has 8 nitrogen and oxygen atoms in total. The number of ether oxygens (including phenoxy) is 1. The maximum absolute atomic E-state index is 11.7. The van der Waals surface area contributed by atoms with Gasteiger partial charge in [-0.1, -0.05) is 89.0 Å². The SMILES string of the molecule is CCCCC/C=C/C/C=C/CCCCCCCCCCCC(=O)OC[C@@H](O)COP(=O)(O)OCCN. The molecule has 4 N–H and O–H groups in total. The van der Waals surface area contributed by atoms with Crippen molar-refractivity contribution in [2.24, 2.45) is 5.73 Å². The summed E-state index contributed by atoms with van der Waals surface area (Å²) in [7, 11) is -4.25. The van der Waals surface area contributed by atoms with Crippen molar-refractivity contribution >= 4 is 13.8 Å². The fraction of sp³-hybridized carbons (Fsp3) is 0.815. The minimum absolute atomic E-state index is 0.0734. The highest BCUT2D eigenvalue weighted by Crippen LogP contribution is 2.42. The van der Waals surface area contributed by atoms with Crippen LogP contribution in [0.2, 0.25) is 0 Å². The Morgan fingerprint density at radius 1 is 0.833 bits per heavy atom. The summed E-state index contributed by atoms with van der Waals surface area (Å²) in [5.41, 5.74) is 5.18. The van der Waals surface area contributed by atoms with Crippen molar-refractivity contribution < 1.29 is 33.1 Å². The van der Waals surface area contributed by atoms with Crippen LogP contribution in [0.1, 0.15) is 110 Å². The number of carbonyl (C=O) groups is 1. The van der Waals surface area contributed by atoms with Crippen molar-refractivity contribution in [1.29, 1.82) is 0 Å². The van der Waals surface area contributed by atoms with Gasteiger partial charge in [-0.25, -0.2) is 4.57 Å². The first kappa shape index (κ1) is 35.0. The first-order valence-corrected chi connectivity index (χ1v) is 15.4. The van der Waals surface area contributed by atoms with E-state index in [2.05, 4.69) is 40.3 Å². The Hall–Kier alpha value is -1.02. The summed E-state index contributed by atoms with van der Waals surface area (Å²) in [4.78, 5) is 21.1. The van der Waals surface area contributed by atoms with Gasteiger partial charge in [-0.2, -0.15) is 0 Å². The smallest absolute Gasteiger partial charge is 0.463 e. The van der Waals surface area contributed by atoms with Crippen LogP contribution >= 0.6 is 7.82 Å². The molecule has 1 unspecified atom stereocenters. The van der Waals surface area contributed by atoms with Crippen LogP contribution in [0.25, 0.3) is 0 Å². The van der Waals surface area contributed by atoms with Crippen molar-refractivity contribution in [2.75, 3.05) is 26.4 Å². The molecule has 0 radical (unpaired) electrons. The van der Waals surface area contributed by atoms with Gasteiger partial charge in [-0.15, -0.1) is 0 Å². The molecule has 0 aromatic carbocycles. The molecule has 2 atom stereocenters. The Morgan fingerprint density at radius 3 is 1.97 bits per heavy atom. The molecule has 0 aliphatic rings. The Morgan fingerprint density at radius 2 is 1.39 bits per heavy atom. The number of unbranched alkanes of at least 4 members (excludes halogenated alkanes) is 12. The van der Waals surface area contributed by atoms with Crippen molar-refractivity contribution in [1.82, 2.24) is 0 Å². The predicted molar refractivity (Wildman–Crippen MR) is 146 cm³/mol. The average molecular weight is 534 g/mol. The lowest BCUT2D eigenvalue weighted by Gasteiger charge is -2.15. The van der Waals surface area contributed by atoms with Gasteiger partial charge in [0.15, 0.2) is 0 Å². The lowest BCUT2D eigenvalue weighted by Crippen LogP contribution is -2.23. The maximum Gasteiger partial charge on any atom is 0.472 e. The summed E-state index contributed by atoms with van der Waals surface area (Å²) in [6.07, 6.45) is 26.0. The van der Waals surface area contributed by atoms with Gasteiger partial charge in [0.1, 0.15) is 12.7 Å². The van der Waals surface area contributed by atoms with E-state index in [1.54, 1.807) is 0 Å². The normalized spacial score (nSPS) is 14.4. The van der Waals surface area contributed by atoms with Crippen molar-refractivity contribution in [3.05, 3.63) is 24.3 Å². The largest absolute Gasteiger partial charge is 0.472 e. The molecular weight excluding hydrogens is 481 g/mol.